The first kappa shape index (κ1) is 15.2. The van der Waals surface area contributed by atoms with E-state index in [0.29, 0.717) is 44.2 Å². The van der Waals surface area contributed by atoms with Crippen LogP contribution in [0.5, 0.6) is 0 Å². The average Bonchev–Trinajstić information content (AvgIpc) is 2.49. The molecule has 2 N–H and O–H groups in total. The Morgan fingerprint density at radius 2 is 2.10 bits per heavy atom. The zero-order valence-electron chi connectivity index (χ0n) is 11.7. The van der Waals surface area contributed by atoms with E-state index in [1.807, 2.05) is 0 Å². The smallest absolute Gasteiger partial charge is 0.240 e. The highest BCUT2D eigenvalue weighted by atomic mass is 19.1. The van der Waals surface area contributed by atoms with Gasteiger partial charge < -0.3 is 5.32 Å². The minimum absolute atomic E-state index is 0.0897. The molecule has 0 bridgehead atoms. The van der Waals surface area contributed by atoms with Gasteiger partial charge in [0.25, 0.3) is 0 Å². The summed E-state index contributed by atoms with van der Waals surface area (Å²) in [5, 5.41) is 6.67. The van der Waals surface area contributed by atoms with E-state index in [1.54, 1.807) is 18.2 Å². The third-order valence-electron chi connectivity index (χ3n) is 3.29. The molecule has 1 heterocycles. The normalized spacial score (nSPS) is 14.3. The second kappa shape index (κ2) is 7.52. The number of carbonyl (C=O) groups excluding carboxylic acids is 2. The molecule has 0 saturated heterocycles. The number of nitrogens with one attached hydrogen (secondary N) is 2. The van der Waals surface area contributed by atoms with Crippen LogP contribution in [0.4, 0.5) is 4.39 Å². The maximum absolute atomic E-state index is 13.4. The Bertz CT molecular complexity index is 558. The monoisotopic (exact) mass is 291 g/mol. The van der Waals surface area contributed by atoms with E-state index >= 15 is 0 Å². The maximum atomic E-state index is 13.4. The molecule has 0 aromatic heterocycles. The van der Waals surface area contributed by atoms with Crippen molar-refractivity contribution in [3.63, 3.8) is 0 Å². The molecule has 0 saturated carbocycles. The van der Waals surface area contributed by atoms with Crippen molar-refractivity contribution < 1.29 is 14.0 Å². The number of hydrogen-bond acceptors (Lipinski definition) is 3. The van der Waals surface area contributed by atoms with Crippen LogP contribution in [-0.4, -0.2) is 24.1 Å². The molecule has 2 rings (SSSR count). The lowest BCUT2D eigenvalue weighted by Crippen LogP contribution is -2.28. The first-order valence-corrected chi connectivity index (χ1v) is 6.99. The Kier molecular flexibility index (Phi) is 5.43. The lowest BCUT2D eigenvalue weighted by atomic mass is 10.1. The SMILES string of the molecule is O=C(CCC1=NNC(=O)CC1)NCCc1ccccc1F. The number of hydrazone groups is 1. The molecule has 6 heteroatoms. The van der Waals surface area contributed by atoms with Gasteiger partial charge in [0, 0.05) is 25.1 Å². The highest BCUT2D eigenvalue weighted by molar-refractivity contribution is 5.94. The van der Waals surface area contributed by atoms with Gasteiger partial charge in [-0.1, -0.05) is 18.2 Å². The van der Waals surface area contributed by atoms with E-state index in [2.05, 4.69) is 15.8 Å². The molecular formula is C15H18FN3O2. The van der Waals surface area contributed by atoms with Crippen molar-refractivity contribution in [1.82, 2.24) is 10.7 Å². The van der Waals surface area contributed by atoms with Crippen molar-refractivity contribution in [3.8, 4) is 0 Å². The second-order valence-corrected chi connectivity index (χ2v) is 4.90. The van der Waals surface area contributed by atoms with Crippen molar-refractivity contribution in [2.24, 2.45) is 5.10 Å². The quantitative estimate of drug-likeness (QED) is 0.834. The summed E-state index contributed by atoms with van der Waals surface area (Å²) in [6, 6.07) is 6.53. The number of halogens is 1. The molecule has 1 aliphatic rings. The van der Waals surface area contributed by atoms with Crippen LogP contribution >= 0.6 is 0 Å². The molecule has 0 spiro atoms. The standard InChI is InChI=1S/C15H18FN3O2/c16-13-4-2-1-3-11(13)9-10-17-14(20)7-5-12-6-8-15(21)19-18-12/h1-4H,5-10H2,(H,17,20)(H,19,21). The number of rotatable bonds is 6. The minimum Gasteiger partial charge on any atom is -0.356 e. The average molecular weight is 291 g/mol. The van der Waals surface area contributed by atoms with Crippen molar-refractivity contribution in [2.75, 3.05) is 6.54 Å². The van der Waals surface area contributed by atoms with Gasteiger partial charge in [-0.25, -0.2) is 9.82 Å². The summed E-state index contributed by atoms with van der Waals surface area (Å²) >= 11 is 0. The Labute approximate surface area is 122 Å². The highest BCUT2D eigenvalue weighted by Gasteiger charge is 2.12. The molecule has 112 valence electrons. The summed E-state index contributed by atoms with van der Waals surface area (Å²) in [6.07, 6.45) is 2.36. The minimum atomic E-state index is -0.251. The summed E-state index contributed by atoms with van der Waals surface area (Å²) in [5.41, 5.74) is 3.83. The maximum Gasteiger partial charge on any atom is 0.240 e. The predicted octanol–water partition coefficient (Wildman–Crippen LogP) is 1.53. The number of amides is 2. The summed E-state index contributed by atoms with van der Waals surface area (Å²) in [5.74, 6) is -0.432. The van der Waals surface area contributed by atoms with Gasteiger partial charge in [-0.3, -0.25) is 9.59 Å². The lowest BCUT2D eigenvalue weighted by molar-refractivity contribution is -0.121. The van der Waals surface area contributed by atoms with Crippen molar-refractivity contribution in [3.05, 3.63) is 35.6 Å². The van der Waals surface area contributed by atoms with E-state index in [0.717, 1.165) is 5.71 Å². The molecule has 0 atom stereocenters. The van der Waals surface area contributed by atoms with Crippen LogP contribution in [0.15, 0.2) is 29.4 Å². The van der Waals surface area contributed by atoms with E-state index < -0.39 is 0 Å². The molecule has 0 unspecified atom stereocenters. The third kappa shape index (κ3) is 4.98. The summed E-state index contributed by atoms with van der Waals surface area (Å²) in [6.45, 7) is 0.406. The second-order valence-electron chi connectivity index (χ2n) is 4.90. The topological polar surface area (TPSA) is 70.6 Å². The van der Waals surface area contributed by atoms with Gasteiger partial charge in [0.05, 0.1) is 0 Å². The van der Waals surface area contributed by atoms with Gasteiger partial charge in [-0.15, -0.1) is 0 Å². The lowest BCUT2D eigenvalue weighted by Gasteiger charge is -2.11. The van der Waals surface area contributed by atoms with Gasteiger partial charge in [-0.05, 0) is 30.9 Å². The molecule has 1 aliphatic heterocycles. The van der Waals surface area contributed by atoms with E-state index in [1.165, 1.54) is 6.07 Å². The molecule has 1 aromatic rings. The van der Waals surface area contributed by atoms with Crippen molar-refractivity contribution >= 4 is 17.5 Å². The van der Waals surface area contributed by atoms with Crippen LogP contribution in [-0.2, 0) is 16.0 Å². The summed E-state index contributed by atoms with van der Waals surface area (Å²) < 4.78 is 13.4. The van der Waals surface area contributed by atoms with Gasteiger partial charge >= 0.3 is 0 Å². The fourth-order valence-corrected chi connectivity index (χ4v) is 2.08. The van der Waals surface area contributed by atoms with E-state index in [4.69, 9.17) is 0 Å². The van der Waals surface area contributed by atoms with E-state index in [-0.39, 0.29) is 17.6 Å². The van der Waals surface area contributed by atoms with Gasteiger partial charge in [-0.2, -0.15) is 5.10 Å². The first-order chi connectivity index (χ1) is 10.1. The van der Waals surface area contributed by atoms with Crippen LogP contribution in [0, 0.1) is 5.82 Å². The molecule has 0 aliphatic carbocycles. The van der Waals surface area contributed by atoms with Crippen LogP contribution in [0.3, 0.4) is 0 Å². The molecular weight excluding hydrogens is 273 g/mol. The Balaban J connectivity index is 1.66. The number of benzene rings is 1. The Morgan fingerprint density at radius 1 is 1.29 bits per heavy atom. The Hall–Kier alpha value is -2.24. The molecule has 2 amide bonds. The molecule has 5 nitrogen and oxygen atoms in total. The summed E-state index contributed by atoms with van der Waals surface area (Å²) in [4.78, 5) is 22.6. The van der Waals surface area contributed by atoms with Crippen LogP contribution in [0.2, 0.25) is 0 Å². The fourth-order valence-electron chi connectivity index (χ4n) is 2.08. The molecule has 0 radical (unpaired) electrons. The highest BCUT2D eigenvalue weighted by Crippen LogP contribution is 2.07. The van der Waals surface area contributed by atoms with Gasteiger partial charge in [0.2, 0.25) is 11.8 Å². The number of nitrogens with zero attached hydrogens (tertiary/aromatic N) is 1. The summed E-state index contributed by atoms with van der Waals surface area (Å²) in [7, 11) is 0. The van der Waals surface area contributed by atoms with E-state index in [9.17, 15) is 14.0 Å². The van der Waals surface area contributed by atoms with Crippen LogP contribution in [0.25, 0.3) is 0 Å². The Morgan fingerprint density at radius 3 is 2.81 bits per heavy atom. The zero-order chi connectivity index (χ0) is 15.1. The zero-order valence-corrected chi connectivity index (χ0v) is 11.7. The van der Waals surface area contributed by atoms with Crippen LogP contribution < -0.4 is 10.7 Å². The molecule has 0 fully saturated rings. The predicted molar refractivity (Wildman–Crippen MR) is 77.2 cm³/mol. The number of carbonyl (C=O) groups is 2. The molecule has 21 heavy (non-hydrogen) atoms. The largest absolute Gasteiger partial charge is 0.356 e. The fraction of sp³-hybridized carbons (Fsp3) is 0.400. The first-order valence-electron chi connectivity index (χ1n) is 6.99. The van der Waals surface area contributed by atoms with Crippen molar-refractivity contribution in [1.29, 1.82) is 0 Å². The van der Waals surface area contributed by atoms with Gasteiger partial charge in [0.15, 0.2) is 0 Å². The van der Waals surface area contributed by atoms with Crippen LogP contribution in [0.1, 0.15) is 31.2 Å². The third-order valence-corrected chi connectivity index (χ3v) is 3.29. The van der Waals surface area contributed by atoms with Crippen molar-refractivity contribution in [2.45, 2.75) is 32.1 Å². The number of hydrogen-bond donors (Lipinski definition) is 2. The molecule has 1 aromatic carbocycles. The van der Waals surface area contributed by atoms with Gasteiger partial charge in [0.1, 0.15) is 5.82 Å².